The Bertz CT molecular complexity index is 440. The molecular formula is C12H13N3. The number of hydrogen-bond acceptors (Lipinski definition) is 3. The van der Waals surface area contributed by atoms with Crippen molar-refractivity contribution in [3.8, 4) is 0 Å². The number of nitrogens with zero attached hydrogens (tertiary/aromatic N) is 2. The predicted molar refractivity (Wildman–Crippen MR) is 63.2 cm³/mol. The second-order valence-electron chi connectivity index (χ2n) is 3.32. The molecule has 15 heavy (non-hydrogen) atoms. The summed E-state index contributed by atoms with van der Waals surface area (Å²) in [5.74, 6) is 0. The summed E-state index contributed by atoms with van der Waals surface area (Å²) in [7, 11) is 1.99. The van der Waals surface area contributed by atoms with Gasteiger partial charge in [-0.1, -0.05) is 12.1 Å². The second-order valence-corrected chi connectivity index (χ2v) is 3.32. The van der Waals surface area contributed by atoms with Crippen LogP contribution in [-0.4, -0.2) is 12.0 Å². The summed E-state index contributed by atoms with van der Waals surface area (Å²) in [6, 6.07) is 11.7. The lowest BCUT2D eigenvalue weighted by molar-refractivity contribution is 1.19. The Balaban J connectivity index is 2.37. The summed E-state index contributed by atoms with van der Waals surface area (Å²) < 4.78 is 0. The second kappa shape index (κ2) is 4.00. The number of aromatic nitrogens is 1. The van der Waals surface area contributed by atoms with E-state index in [2.05, 4.69) is 4.98 Å². The van der Waals surface area contributed by atoms with Gasteiger partial charge >= 0.3 is 0 Å². The molecule has 0 unspecified atom stereocenters. The van der Waals surface area contributed by atoms with E-state index in [0.717, 1.165) is 17.1 Å². The van der Waals surface area contributed by atoms with Gasteiger partial charge < -0.3 is 10.6 Å². The molecule has 2 aromatic rings. The average molecular weight is 199 g/mol. The Labute approximate surface area is 89.2 Å². The van der Waals surface area contributed by atoms with Gasteiger partial charge in [0.15, 0.2) is 0 Å². The Kier molecular flexibility index (Phi) is 2.54. The van der Waals surface area contributed by atoms with E-state index in [9.17, 15) is 0 Å². The largest absolute Gasteiger partial charge is 0.397 e. The molecular weight excluding hydrogens is 186 g/mol. The van der Waals surface area contributed by atoms with Crippen molar-refractivity contribution in [2.45, 2.75) is 0 Å². The van der Waals surface area contributed by atoms with Gasteiger partial charge in [0.25, 0.3) is 0 Å². The van der Waals surface area contributed by atoms with E-state index in [0.29, 0.717) is 0 Å². The van der Waals surface area contributed by atoms with E-state index in [1.165, 1.54) is 0 Å². The van der Waals surface area contributed by atoms with Gasteiger partial charge in [-0.3, -0.25) is 4.98 Å². The van der Waals surface area contributed by atoms with E-state index >= 15 is 0 Å². The quantitative estimate of drug-likeness (QED) is 0.755. The first-order valence-electron chi connectivity index (χ1n) is 4.77. The van der Waals surface area contributed by atoms with Gasteiger partial charge in [0.2, 0.25) is 0 Å². The minimum Gasteiger partial charge on any atom is -0.397 e. The molecule has 2 rings (SSSR count). The molecule has 3 heteroatoms. The third kappa shape index (κ3) is 1.91. The molecule has 0 aliphatic carbocycles. The van der Waals surface area contributed by atoms with Crippen LogP contribution in [0.15, 0.2) is 48.8 Å². The minimum absolute atomic E-state index is 0.775. The van der Waals surface area contributed by atoms with Gasteiger partial charge in [-0.05, 0) is 24.3 Å². The molecule has 1 aromatic heterocycles. The number of pyridine rings is 1. The molecule has 0 bridgehead atoms. The molecule has 0 saturated heterocycles. The average Bonchev–Trinajstić information content (AvgIpc) is 2.30. The molecule has 1 heterocycles. The van der Waals surface area contributed by atoms with Crippen molar-refractivity contribution in [2.75, 3.05) is 17.7 Å². The van der Waals surface area contributed by atoms with Crippen molar-refractivity contribution in [1.82, 2.24) is 4.98 Å². The first-order chi connectivity index (χ1) is 7.29. The van der Waals surface area contributed by atoms with Gasteiger partial charge in [-0.15, -0.1) is 0 Å². The van der Waals surface area contributed by atoms with Crippen LogP contribution in [-0.2, 0) is 0 Å². The first-order valence-corrected chi connectivity index (χ1v) is 4.77. The lowest BCUT2D eigenvalue weighted by Crippen LogP contribution is -2.11. The van der Waals surface area contributed by atoms with E-state index in [-0.39, 0.29) is 0 Å². The zero-order chi connectivity index (χ0) is 10.7. The van der Waals surface area contributed by atoms with Gasteiger partial charge in [0, 0.05) is 25.1 Å². The Morgan fingerprint density at radius 3 is 2.40 bits per heavy atom. The van der Waals surface area contributed by atoms with Crippen LogP contribution in [0.2, 0.25) is 0 Å². The van der Waals surface area contributed by atoms with Crippen LogP contribution in [0.3, 0.4) is 0 Å². The van der Waals surface area contributed by atoms with E-state index in [1.54, 1.807) is 12.4 Å². The monoisotopic (exact) mass is 199 g/mol. The van der Waals surface area contributed by atoms with Crippen LogP contribution < -0.4 is 10.6 Å². The highest BCUT2D eigenvalue weighted by Gasteiger charge is 2.05. The summed E-state index contributed by atoms with van der Waals surface area (Å²) in [6.07, 6.45) is 3.54. The maximum atomic E-state index is 5.90. The van der Waals surface area contributed by atoms with E-state index < -0.39 is 0 Å². The fourth-order valence-electron chi connectivity index (χ4n) is 1.50. The van der Waals surface area contributed by atoms with E-state index in [1.807, 2.05) is 48.3 Å². The fraction of sp³-hybridized carbons (Fsp3) is 0.0833. The molecule has 0 atom stereocenters. The molecule has 0 amide bonds. The maximum absolute atomic E-state index is 5.90. The highest BCUT2D eigenvalue weighted by Crippen LogP contribution is 2.27. The fourth-order valence-corrected chi connectivity index (χ4v) is 1.50. The summed E-state index contributed by atoms with van der Waals surface area (Å²) in [5, 5.41) is 0. The van der Waals surface area contributed by atoms with Crippen LogP contribution in [0.5, 0.6) is 0 Å². The Morgan fingerprint density at radius 2 is 1.73 bits per heavy atom. The minimum atomic E-state index is 0.775. The van der Waals surface area contributed by atoms with Crippen molar-refractivity contribution in [1.29, 1.82) is 0 Å². The van der Waals surface area contributed by atoms with Crippen molar-refractivity contribution in [2.24, 2.45) is 0 Å². The standard InChI is InChI=1S/C12H13N3/c1-15(10-6-8-14-9-7-10)12-5-3-2-4-11(12)13/h2-9H,13H2,1H3. The lowest BCUT2D eigenvalue weighted by atomic mass is 10.2. The van der Waals surface area contributed by atoms with Crippen LogP contribution in [0.4, 0.5) is 17.1 Å². The number of nitrogen functional groups attached to an aromatic ring is 1. The van der Waals surface area contributed by atoms with Crippen molar-refractivity contribution in [3.05, 3.63) is 48.8 Å². The summed E-state index contributed by atoms with van der Waals surface area (Å²) in [4.78, 5) is 6.02. The van der Waals surface area contributed by atoms with Gasteiger partial charge in [0.05, 0.1) is 11.4 Å². The lowest BCUT2D eigenvalue weighted by Gasteiger charge is -2.20. The van der Waals surface area contributed by atoms with Crippen LogP contribution >= 0.6 is 0 Å². The van der Waals surface area contributed by atoms with E-state index in [4.69, 9.17) is 5.73 Å². The smallest absolute Gasteiger partial charge is 0.0641 e. The number of nitrogens with two attached hydrogens (primary N) is 1. The number of hydrogen-bond donors (Lipinski definition) is 1. The highest BCUT2D eigenvalue weighted by molar-refractivity contribution is 5.73. The Hall–Kier alpha value is -2.03. The molecule has 0 spiro atoms. The van der Waals surface area contributed by atoms with Crippen LogP contribution in [0.25, 0.3) is 0 Å². The van der Waals surface area contributed by atoms with Crippen molar-refractivity contribution >= 4 is 17.1 Å². The van der Waals surface area contributed by atoms with Crippen LogP contribution in [0.1, 0.15) is 0 Å². The van der Waals surface area contributed by atoms with Gasteiger partial charge in [0.1, 0.15) is 0 Å². The molecule has 2 N–H and O–H groups in total. The number of rotatable bonds is 2. The highest BCUT2D eigenvalue weighted by atomic mass is 15.1. The SMILES string of the molecule is CN(c1ccncc1)c1ccccc1N. The zero-order valence-corrected chi connectivity index (χ0v) is 8.59. The third-order valence-corrected chi connectivity index (χ3v) is 2.35. The molecule has 0 aliphatic heterocycles. The molecule has 0 radical (unpaired) electrons. The van der Waals surface area contributed by atoms with Gasteiger partial charge in [-0.25, -0.2) is 0 Å². The molecule has 1 aromatic carbocycles. The third-order valence-electron chi connectivity index (χ3n) is 2.35. The number of benzene rings is 1. The summed E-state index contributed by atoms with van der Waals surface area (Å²) in [6.45, 7) is 0. The molecule has 0 aliphatic rings. The zero-order valence-electron chi connectivity index (χ0n) is 8.59. The Morgan fingerprint density at radius 1 is 1.07 bits per heavy atom. The maximum Gasteiger partial charge on any atom is 0.0641 e. The predicted octanol–water partition coefficient (Wildman–Crippen LogP) is 2.43. The molecule has 76 valence electrons. The normalized spacial score (nSPS) is 9.93. The van der Waals surface area contributed by atoms with Crippen LogP contribution in [0, 0.1) is 0 Å². The molecule has 0 saturated carbocycles. The summed E-state index contributed by atoms with van der Waals surface area (Å²) >= 11 is 0. The van der Waals surface area contributed by atoms with Crippen molar-refractivity contribution in [3.63, 3.8) is 0 Å². The molecule has 3 nitrogen and oxygen atoms in total. The van der Waals surface area contributed by atoms with Crippen molar-refractivity contribution < 1.29 is 0 Å². The molecule has 0 fully saturated rings. The first kappa shape index (κ1) is 9.52. The topological polar surface area (TPSA) is 42.2 Å². The number of anilines is 3. The summed E-state index contributed by atoms with van der Waals surface area (Å²) in [5.41, 5.74) is 8.75. The number of para-hydroxylation sites is 2. The van der Waals surface area contributed by atoms with Gasteiger partial charge in [-0.2, -0.15) is 0 Å².